The Bertz CT molecular complexity index is 677. The minimum absolute atomic E-state index is 0. The van der Waals surface area contributed by atoms with Crippen molar-refractivity contribution in [3.8, 4) is 0 Å². The van der Waals surface area contributed by atoms with Crippen molar-refractivity contribution in [2.75, 3.05) is 32.8 Å². The Labute approximate surface area is 185 Å². The normalized spacial score (nSPS) is 16.8. The molecule has 28 heavy (non-hydrogen) atoms. The molecule has 0 aliphatic carbocycles. The molecular formula is C21H32IN5O. The summed E-state index contributed by atoms with van der Waals surface area (Å²) in [5, 5.41) is 7.67. The average Bonchev–Trinajstić information content (AvgIpc) is 3.37. The first-order chi connectivity index (χ1) is 13.3. The predicted octanol–water partition coefficient (Wildman–Crippen LogP) is 3.40. The largest absolute Gasteiger partial charge is 0.376 e. The summed E-state index contributed by atoms with van der Waals surface area (Å²) in [6.45, 7) is 8.30. The van der Waals surface area contributed by atoms with E-state index >= 15 is 0 Å². The molecule has 1 aromatic carbocycles. The van der Waals surface area contributed by atoms with Crippen LogP contribution in [0.2, 0.25) is 0 Å². The van der Waals surface area contributed by atoms with Crippen molar-refractivity contribution in [3.63, 3.8) is 0 Å². The van der Waals surface area contributed by atoms with Crippen LogP contribution in [0.5, 0.6) is 0 Å². The van der Waals surface area contributed by atoms with Crippen molar-refractivity contribution < 1.29 is 4.74 Å². The zero-order valence-electron chi connectivity index (χ0n) is 16.7. The van der Waals surface area contributed by atoms with Crippen LogP contribution in [0.25, 0.3) is 0 Å². The second-order valence-electron chi connectivity index (χ2n) is 6.96. The van der Waals surface area contributed by atoms with Gasteiger partial charge in [0, 0.05) is 51.0 Å². The first-order valence-electron chi connectivity index (χ1n) is 9.97. The zero-order chi connectivity index (χ0) is 18.7. The third kappa shape index (κ3) is 7.43. The smallest absolute Gasteiger partial charge is 0.193 e. The number of hydrogen-bond acceptors (Lipinski definition) is 3. The molecule has 3 rings (SSSR count). The van der Waals surface area contributed by atoms with E-state index in [1.807, 2.05) is 29.2 Å². The van der Waals surface area contributed by atoms with E-state index in [1.54, 1.807) is 0 Å². The number of likely N-dealkylation sites (tertiary alicyclic amines) is 1. The van der Waals surface area contributed by atoms with Gasteiger partial charge in [0.1, 0.15) is 0 Å². The number of aryl methyl sites for hydroxylation is 1. The molecule has 1 aliphatic rings. The number of nitrogens with one attached hydrogen (secondary N) is 1. The van der Waals surface area contributed by atoms with Gasteiger partial charge in [-0.1, -0.05) is 30.3 Å². The number of aliphatic imine (C=N–C) groups is 1. The highest BCUT2D eigenvalue weighted by Crippen LogP contribution is 2.17. The molecule has 0 spiro atoms. The quantitative estimate of drug-likeness (QED) is 0.250. The summed E-state index contributed by atoms with van der Waals surface area (Å²) in [6, 6.07) is 12.3. The van der Waals surface area contributed by atoms with Gasteiger partial charge >= 0.3 is 0 Å². The molecule has 2 aromatic rings. The molecule has 0 amide bonds. The highest BCUT2D eigenvalue weighted by Gasteiger charge is 2.24. The Morgan fingerprint density at radius 1 is 1.29 bits per heavy atom. The molecular weight excluding hydrogens is 465 g/mol. The SMILES string of the molecule is CCNC(=NCCCn1cccn1)N1CCC(COCc2ccccc2)C1.I. The first-order valence-corrected chi connectivity index (χ1v) is 9.97. The van der Waals surface area contributed by atoms with Gasteiger partial charge in [-0.3, -0.25) is 9.67 Å². The maximum absolute atomic E-state index is 5.93. The lowest BCUT2D eigenvalue weighted by molar-refractivity contribution is 0.0907. The molecule has 7 heteroatoms. The molecule has 6 nitrogen and oxygen atoms in total. The fourth-order valence-corrected chi connectivity index (χ4v) is 3.35. The summed E-state index contributed by atoms with van der Waals surface area (Å²) in [7, 11) is 0. The van der Waals surface area contributed by atoms with Crippen LogP contribution < -0.4 is 5.32 Å². The number of halogens is 1. The molecule has 2 heterocycles. The number of ether oxygens (including phenoxy) is 1. The summed E-state index contributed by atoms with van der Waals surface area (Å²) >= 11 is 0. The van der Waals surface area contributed by atoms with Crippen molar-refractivity contribution in [3.05, 3.63) is 54.4 Å². The molecule has 1 aromatic heterocycles. The van der Waals surface area contributed by atoms with E-state index in [4.69, 9.17) is 9.73 Å². The third-order valence-electron chi connectivity index (χ3n) is 4.75. The van der Waals surface area contributed by atoms with Gasteiger partial charge in [-0.25, -0.2) is 0 Å². The van der Waals surface area contributed by atoms with Gasteiger partial charge < -0.3 is 15.0 Å². The van der Waals surface area contributed by atoms with E-state index < -0.39 is 0 Å². The van der Waals surface area contributed by atoms with Gasteiger partial charge in [-0.15, -0.1) is 24.0 Å². The van der Waals surface area contributed by atoms with Crippen LogP contribution in [-0.4, -0.2) is 53.4 Å². The number of rotatable bonds is 9. The molecule has 1 atom stereocenters. The van der Waals surface area contributed by atoms with Crippen LogP contribution >= 0.6 is 24.0 Å². The summed E-state index contributed by atoms with van der Waals surface area (Å²) in [5.41, 5.74) is 1.24. The first kappa shape index (κ1) is 22.7. The predicted molar refractivity (Wildman–Crippen MR) is 124 cm³/mol. The van der Waals surface area contributed by atoms with Crippen LogP contribution in [0, 0.1) is 5.92 Å². The number of aromatic nitrogens is 2. The van der Waals surface area contributed by atoms with Crippen LogP contribution in [-0.2, 0) is 17.9 Å². The van der Waals surface area contributed by atoms with Crippen molar-refractivity contribution in [1.82, 2.24) is 20.0 Å². The number of guanidine groups is 1. The molecule has 1 saturated heterocycles. The maximum atomic E-state index is 5.93. The summed E-state index contributed by atoms with van der Waals surface area (Å²) in [6.07, 6.45) is 5.97. The minimum Gasteiger partial charge on any atom is -0.376 e. The lowest BCUT2D eigenvalue weighted by atomic mass is 10.1. The van der Waals surface area contributed by atoms with E-state index in [0.29, 0.717) is 12.5 Å². The topological polar surface area (TPSA) is 54.7 Å². The van der Waals surface area contributed by atoms with Gasteiger partial charge in [-0.05, 0) is 31.4 Å². The molecule has 1 aliphatic heterocycles. The van der Waals surface area contributed by atoms with E-state index in [2.05, 4.69) is 46.5 Å². The lowest BCUT2D eigenvalue weighted by Crippen LogP contribution is -2.40. The Morgan fingerprint density at radius 2 is 2.14 bits per heavy atom. The number of hydrogen-bond donors (Lipinski definition) is 1. The van der Waals surface area contributed by atoms with Crippen LogP contribution in [0.1, 0.15) is 25.3 Å². The third-order valence-corrected chi connectivity index (χ3v) is 4.75. The fraction of sp³-hybridized carbons (Fsp3) is 0.524. The standard InChI is InChI=1S/C21H31N5O.HI/c1-2-22-21(23-11-6-13-26-14-7-12-24-26)25-15-10-20(16-25)18-27-17-19-8-4-3-5-9-19;/h3-5,7-9,12,14,20H,2,6,10-11,13,15-18H2,1H3,(H,22,23);1H. The van der Waals surface area contributed by atoms with Crippen molar-refractivity contribution in [2.45, 2.75) is 32.9 Å². The minimum atomic E-state index is 0. The molecule has 1 unspecified atom stereocenters. The molecule has 1 fully saturated rings. The van der Waals surface area contributed by atoms with E-state index in [0.717, 1.165) is 58.1 Å². The van der Waals surface area contributed by atoms with Crippen LogP contribution in [0.3, 0.4) is 0 Å². The fourth-order valence-electron chi connectivity index (χ4n) is 3.35. The Balaban J connectivity index is 0.00000280. The molecule has 1 N–H and O–H groups in total. The van der Waals surface area contributed by atoms with Gasteiger partial charge in [-0.2, -0.15) is 5.10 Å². The van der Waals surface area contributed by atoms with Gasteiger partial charge in [0.15, 0.2) is 5.96 Å². The second kappa shape index (κ2) is 12.8. The Morgan fingerprint density at radius 3 is 2.89 bits per heavy atom. The number of nitrogens with zero attached hydrogens (tertiary/aromatic N) is 4. The molecule has 0 saturated carbocycles. The van der Waals surface area contributed by atoms with Crippen molar-refractivity contribution >= 4 is 29.9 Å². The van der Waals surface area contributed by atoms with Gasteiger partial charge in [0.25, 0.3) is 0 Å². The van der Waals surface area contributed by atoms with Crippen molar-refractivity contribution in [1.29, 1.82) is 0 Å². The molecule has 0 radical (unpaired) electrons. The van der Waals surface area contributed by atoms with Crippen LogP contribution in [0.15, 0.2) is 53.8 Å². The zero-order valence-corrected chi connectivity index (χ0v) is 19.0. The average molecular weight is 497 g/mol. The summed E-state index contributed by atoms with van der Waals surface area (Å²) < 4.78 is 7.89. The van der Waals surface area contributed by atoms with Gasteiger partial charge in [0.05, 0.1) is 13.2 Å². The number of benzene rings is 1. The Hall–Kier alpha value is -1.61. The van der Waals surface area contributed by atoms with Gasteiger partial charge in [0.2, 0.25) is 0 Å². The van der Waals surface area contributed by atoms with E-state index in [-0.39, 0.29) is 24.0 Å². The molecule has 154 valence electrons. The highest BCUT2D eigenvalue weighted by atomic mass is 127. The van der Waals surface area contributed by atoms with E-state index in [9.17, 15) is 0 Å². The highest BCUT2D eigenvalue weighted by molar-refractivity contribution is 14.0. The second-order valence-corrected chi connectivity index (χ2v) is 6.96. The monoisotopic (exact) mass is 497 g/mol. The van der Waals surface area contributed by atoms with Crippen molar-refractivity contribution in [2.24, 2.45) is 10.9 Å². The summed E-state index contributed by atoms with van der Waals surface area (Å²) in [5.74, 6) is 1.60. The van der Waals surface area contributed by atoms with E-state index in [1.165, 1.54) is 5.56 Å². The summed E-state index contributed by atoms with van der Waals surface area (Å²) in [4.78, 5) is 7.18. The Kier molecular flexibility index (Phi) is 10.3. The van der Waals surface area contributed by atoms with Crippen LogP contribution in [0.4, 0.5) is 0 Å². The maximum Gasteiger partial charge on any atom is 0.193 e. The lowest BCUT2D eigenvalue weighted by Gasteiger charge is -2.21. The molecule has 0 bridgehead atoms.